The molecule has 0 aromatic heterocycles. The summed E-state index contributed by atoms with van der Waals surface area (Å²) in [7, 11) is 0. The predicted octanol–water partition coefficient (Wildman–Crippen LogP) is 2.56. The number of unbranched alkanes of at least 4 members (excludes halogenated alkanes) is 4. The van der Waals surface area contributed by atoms with Gasteiger partial charge in [-0.3, -0.25) is 4.79 Å². The van der Waals surface area contributed by atoms with Crippen molar-refractivity contribution in [1.29, 1.82) is 0 Å². The van der Waals surface area contributed by atoms with Gasteiger partial charge in [-0.05, 0) is 32.4 Å². The van der Waals surface area contributed by atoms with Crippen molar-refractivity contribution in [3.63, 3.8) is 0 Å². The van der Waals surface area contributed by atoms with Crippen LogP contribution < -0.4 is 5.32 Å². The zero-order chi connectivity index (χ0) is 12.5. The third-order valence-electron chi connectivity index (χ3n) is 3.49. The largest absolute Gasteiger partial charge is 0.352 e. The molecule has 0 aromatic rings. The molecule has 0 aromatic carbocycles. The van der Waals surface area contributed by atoms with E-state index in [1.165, 1.54) is 51.6 Å². The minimum atomic E-state index is 0.111. The molecule has 1 rings (SSSR count). The molecule has 1 aliphatic heterocycles. The number of carbonyl (C=O) groups is 1. The van der Waals surface area contributed by atoms with Crippen molar-refractivity contribution >= 4 is 5.91 Å². The third kappa shape index (κ3) is 6.67. The highest BCUT2D eigenvalue weighted by molar-refractivity contribution is 5.73. The van der Waals surface area contributed by atoms with Crippen LogP contribution >= 0.6 is 0 Å². The first-order chi connectivity index (χ1) is 8.22. The summed E-state index contributed by atoms with van der Waals surface area (Å²) in [6.45, 7) is 7.34. The van der Waals surface area contributed by atoms with Gasteiger partial charge in [-0.25, -0.2) is 0 Å². The molecule has 0 aliphatic carbocycles. The first-order valence-electron chi connectivity index (χ1n) is 7.22. The Labute approximate surface area is 106 Å². The Kier molecular flexibility index (Phi) is 7.25. The van der Waals surface area contributed by atoms with Crippen molar-refractivity contribution < 1.29 is 4.79 Å². The minimum absolute atomic E-state index is 0.111. The number of nitrogens with one attached hydrogen (secondary N) is 1. The SMILES string of the molecule is CCCCCCCN1CCC[C@H](NC(C)=O)C1. The molecule has 1 aliphatic rings. The fraction of sp³-hybridized carbons (Fsp3) is 0.929. The zero-order valence-corrected chi connectivity index (χ0v) is 11.5. The highest BCUT2D eigenvalue weighted by Crippen LogP contribution is 2.12. The molecule has 1 amide bonds. The molecule has 0 radical (unpaired) electrons. The summed E-state index contributed by atoms with van der Waals surface area (Å²) < 4.78 is 0. The maximum absolute atomic E-state index is 11.0. The molecule has 0 spiro atoms. The van der Waals surface area contributed by atoms with Crippen molar-refractivity contribution in [2.45, 2.75) is 64.8 Å². The van der Waals surface area contributed by atoms with Crippen LogP contribution in [0.4, 0.5) is 0 Å². The maximum atomic E-state index is 11.0. The Morgan fingerprint density at radius 1 is 1.29 bits per heavy atom. The standard InChI is InChI=1S/C14H28N2O/c1-3-4-5-6-7-10-16-11-8-9-14(12-16)15-13(2)17/h14H,3-12H2,1-2H3,(H,15,17)/t14-/m0/s1. The van der Waals surface area contributed by atoms with E-state index in [1.807, 2.05) is 0 Å². The highest BCUT2D eigenvalue weighted by Gasteiger charge is 2.19. The van der Waals surface area contributed by atoms with Gasteiger partial charge in [0.05, 0.1) is 0 Å². The molecule has 1 N–H and O–H groups in total. The van der Waals surface area contributed by atoms with Crippen LogP contribution in [-0.2, 0) is 4.79 Å². The molecule has 3 nitrogen and oxygen atoms in total. The fourth-order valence-corrected chi connectivity index (χ4v) is 2.60. The van der Waals surface area contributed by atoms with Crippen molar-refractivity contribution in [2.75, 3.05) is 19.6 Å². The Morgan fingerprint density at radius 2 is 2.06 bits per heavy atom. The van der Waals surface area contributed by atoms with E-state index in [4.69, 9.17) is 0 Å². The Bertz CT molecular complexity index is 218. The number of hydrogen-bond donors (Lipinski definition) is 1. The van der Waals surface area contributed by atoms with E-state index < -0.39 is 0 Å². The molecule has 17 heavy (non-hydrogen) atoms. The average molecular weight is 240 g/mol. The van der Waals surface area contributed by atoms with Gasteiger partial charge in [-0.15, -0.1) is 0 Å². The van der Waals surface area contributed by atoms with Crippen LogP contribution in [0.25, 0.3) is 0 Å². The summed E-state index contributed by atoms with van der Waals surface area (Å²) in [5.41, 5.74) is 0. The summed E-state index contributed by atoms with van der Waals surface area (Å²) >= 11 is 0. The van der Waals surface area contributed by atoms with Crippen molar-refractivity contribution in [3.05, 3.63) is 0 Å². The lowest BCUT2D eigenvalue weighted by Crippen LogP contribution is -2.47. The second-order valence-corrected chi connectivity index (χ2v) is 5.25. The number of rotatable bonds is 7. The van der Waals surface area contributed by atoms with E-state index in [-0.39, 0.29) is 5.91 Å². The number of amides is 1. The summed E-state index contributed by atoms with van der Waals surface area (Å²) in [5, 5.41) is 3.04. The van der Waals surface area contributed by atoms with E-state index in [2.05, 4.69) is 17.1 Å². The van der Waals surface area contributed by atoms with Gasteiger partial charge in [0.1, 0.15) is 0 Å². The van der Waals surface area contributed by atoms with Crippen molar-refractivity contribution in [1.82, 2.24) is 10.2 Å². The van der Waals surface area contributed by atoms with Crippen LogP contribution in [0.2, 0.25) is 0 Å². The lowest BCUT2D eigenvalue weighted by atomic mass is 10.0. The first kappa shape index (κ1) is 14.5. The molecular weight excluding hydrogens is 212 g/mol. The molecule has 0 unspecified atom stereocenters. The van der Waals surface area contributed by atoms with E-state index >= 15 is 0 Å². The third-order valence-corrected chi connectivity index (χ3v) is 3.49. The Hall–Kier alpha value is -0.570. The van der Waals surface area contributed by atoms with Crippen molar-refractivity contribution in [3.8, 4) is 0 Å². The maximum Gasteiger partial charge on any atom is 0.217 e. The lowest BCUT2D eigenvalue weighted by Gasteiger charge is -2.32. The summed E-state index contributed by atoms with van der Waals surface area (Å²) in [6.07, 6.45) is 9.09. The Morgan fingerprint density at radius 3 is 2.76 bits per heavy atom. The van der Waals surface area contributed by atoms with Gasteiger partial charge in [0.25, 0.3) is 0 Å². The van der Waals surface area contributed by atoms with Crippen LogP contribution in [0, 0.1) is 0 Å². The van der Waals surface area contributed by atoms with Gasteiger partial charge in [0.15, 0.2) is 0 Å². The molecule has 0 saturated carbocycles. The smallest absolute Gasteiger partial charge is 0.217 e. The van der Waals surface area contributed by atoms with E-state index in [9.17, 15) is 4.79 Å². The number of hydrogen-bond acceptors (Lipinski definition) is 2. The summed E-state index contributed by atoms with van der Waals surface area (Å²) in [5.74, 6) is 0.111. The van der Waals surface area contributed by atoms with Crippen molar-refractivity contribution in [2.24, 2.45) is 0 Å². The molecule has 100 valence electrons. The van der Waals surface area contributed by atoms with Crippen LogP contribution in [0.1, 0.15) is 58.8 Å². The Balaban J connectivity index is 2.09. The van der Waals surface area contributed by atoms with Gasteiger partial charge in [-0.2, -0.15) is 0 Å². The van der Waals surface area contributed by atoms with Crippen LogP contribution in [-0.4, -0.2) is 36.5 Å². The van der Waals surface area contributed by atoms with Gasteiger partial charge in [-0.1, -0.05) is 32.6 Å². The fourth-order valence-electron chi connectivity index (χ4n) is 2.60. The van der Waals surface area contributed by atoms with E-state index in [0.717, 1.165) is 13.0 Å². The van der Waals surface area contributed by atoms with Crippen LogP contribution in [0.15, 0.2) is 0 Å². The van der Waals surface area contributed by atoms with Gasteiger partial charge in [0.2, 0.25) is 5.91 Å². The molecule has 0 bridgehead atoms. The van der Waals surface area contributed by atoms with E-state index in [1.54, 1.807) is 6.92 Å². The second-order valence-electron chi connectivity index (χ2n) is 5.25. The van der Waals surface area contributed by atoms with Gasteiger partial charge < -0.3 is 10.2 Å². The number of piperidine rings is 1. The average Bonchev–Trinajstić information content (AvgIpc) is 2.28. The number of nitrogens with zero attached hydrogens (tertiary/aromatic N) is 1. The monoisotopic (exact) mass is 240 g/mol. The second kappa shape index (κ2) is 8.51. The summed E-state index contributed by atoms with van der Waals surface area (Å²) in [6, 6.07) is 0.386. The van der Waals surface area contributed by atoms with Gasteiger partial charge in [0, 0.05) is 19.5 Å². The van der Waals surface area contributed by atoms with Gasteiger partial charge >= 0.3 is 0 Å². The number of likely N-dealkylation sites (tertiary alicyclic amines) is 1. The topological polar surface area (TPSA) is 32.3 Å². The first-order valence-corrected chi connectivity index (χ1v) is 7.22. The normalized spacial score (nSPS) is 21.4. The minimum Gasteiger partial charge on any atom is -0.352 e. The molecule has 1 heterocycles. The molecule has 1 atom stereocenters. The molecular formula is C14H28N2O. The predicted molar refractivity (Wildman–Crippen MR) is 72.0 cm³/mol. The van der Waals surface area contributed by atoms with E-state index in [0.29, 0.717) is 6.04 Å². The quantitative estimate of drug-likeness (QED) is 0.694. The zero-order valence-electron chi connectivity index (χ0n) is 11.5. The molecule has 1 saturated heterocycles. The number of carbonyl (C=O) groups excluding carboxylic acids is 1. The lowest BCUT2D eigenvalue weighted by molar-refractivity contribution is -0.120. The summed E-state index contributed by atoms with van der Waals surface area (Å²) in [4.78, 5) is 13.5. The highest BCUT2D eigenvalue weighted by atomic mass is 16.1. The van der Waals surface area contributed by atoms with Crippen LogP contribution in [0.5, 0.6) is 0 Å². The van der Waals surface area contributed by atoms with Crippen LogP contribution in [0.3, 0.4) is 0 Å². The molecule has 1 fully saturated rings. The molecule has 3 heteroatoms.